The number of aromatic amines is 2. The first-order valence-electron chi connectivity index (χ1n) is 12.4. The van der Waals surface area contributed by atoms with Crippen LogP contribution in [0, 0.1) is 0 Å². The maximum atomic E-state index is 4.82. The summed E-state index contributed by atoms with van der Waals surface area (Å²) in [6, 6.07) is 4.65. The molecule has 0 aliphatic carbocycles. The van der Waals surface area contributed by atoms with Crippen LogP contribution in [-0.2, 0) is 0 Å². The fourth-order valence-corrected chi connectivity index (χ4v) is 5.01. The maximum absolute atomic E-state index is 4.82. The number of hydrogen-bond donors (Lipinski definition) is 3. The highest BCUT2D eigenvalue weighted by atomic mass is 15.1. The monoisotopic (exact) mass is 466 g/mol. The summed E-state index contributed by atoms with van der Waals surface area (Å²) < 4.78 is 0. The van der Waals surface area contributed by atoms with Crippen LogP contribution < -0.4 is 20.8 Å². The largest absolute Gasteiger partial charge is 0.382 e. The zero-order chi connectivity index (χ0) is 23.8. The Morgan fingerprint density at radius 3 is 2.71 bits per heavy atom. The quantitative estimate of drug-likeness (QED) is 0.420. The SMILES string of the molecule is CC(C)Nc1cncc(C2=NCC=c3[nH]nc(-c4cc5c(N6CCCCC6)cncc5[nH]4)c3=C2)c1. The molecule has 6 heterocycles. The number of hydrogen-bond acceptors (Lipinski definition) is 6. The number of aliphatic imine (C=N–C) groups is 1. The van der Waals surface area contributed by atoms with Crippen LogP contribution >= 0.6 is 0 Å². The predicted molar refractivity (Wildman–Crippen MR) is 142 cm³/mol. The molecule has 4 aromatic heterocycles. The van der Waals surface area contributed by atoms with Crippen LogP contribution in [0.25, 0.3) is 34.4 Å². The average Bonchev–Trinajstić information content (AvgIpc) is 3.41. The van der Waals surface area contributed by atoms with Gasteiger partial charge >= 0.3 is 0 Å². The van der Waals surface area contributed by atoms with Gasteiger partial charge in [-0.15, -0.1) is 0 Å². The summed E-state index contributed by atoms with van der Waals surface area (Å²) in [7, 11) is 0. The summed E-state index contributed by atoms with van der Waals surface area (Å²) in [4.78, 5) is 19.8. The second-order valence-electron chi connectivity index (χ2n) is 9.59. The Labute approximate surface area is 203 Å². The average molecular weight is 467 g/mol. The summed E-state index contributed by atoms with van der Waals surface area (Å²) in [6.45, 7) is 6.99. The van der Waals surface area contributed by atoms with Crippen molar-refractivity contribution >= 4 is 40.1 Å². The van der Waals surface area contributed by atoms with Crippen LogP contribution in [0.1, 0.15) is 38.7 Å². The smallest absolute Gasteiger partial charge is 0.116 e. The van der Waals surface area contributed by atoms with E-state index >= 15 is 0 Å². The van der Waals surface area contributed by atoms with Crippen molar-refractivity contribution in [2.45, 2.75) is 39.2 Å². The molecule has 0 unspecified atom stereocenters. The molecule has 2 aliphatic rings. The first-order valence-corrected chi connectivity index (χ1v) is 12.4. The molecule has 2 aliphatic heterocycles. The second-order valence-corrected chi connectivity index (χ2v) is 9.59. The molecule has 0 spiro atoms. The van der Waals surface area contributed by atoms with Crippen molar-refractivity contribution in [3.05, 3.63) is 53.1 Å². The van der Waals surface area contributed by atoms with Crippen molar-refractivity contribution in [1.82, 2.24) is 25.1 Å². The molecular formula is C27H30N8. The highest BCUT2D eigenvalue weighted by Crippen LogP contribution is 2.30. The molecule has 0 amide bonds. The lowest BCUT2D eigenvalue weighted by Crippen LogP contribution is -2.29. The van der Waals surface area contributed by atoms with Crippen LogP contribution in [0.4, 0.5) is 11.4 Å². The Hall–Kier alpha value is -3.94. The van der Waals surface area contributed by atoms with Gasteiger partial charge in [-0.2, -0.15) is 5.10 Å². The van der Waals surface area contributed by atoms with Gasteiger partial charge < -0.3 is 15.2 Å². The fraction of sp³-hybridized carbons (Fsp3) is 0.333. The number of rotatable bonds is 5. The van der Waals surface area contributed by atoms with Crippen molar-refractivity contribution in [2.24, 2.45) is 4.99 Å². The van der Waals surface area contributed by atoms with Gasteiger partial charge in [0.1, 0.15) is 5.69 Å². The second kappa shape index (κ2) is 9.02. The number of pyridine rings is 2. The van der Waals surface area contributed by atoms with Gasteiger partial charge in [0.15, 0.2) is 0 Å². The number of aromatic nitrogens is 5. The first kappa shape index (κ1) is 21.6. The third kappa shape index (κ3) is 4.20. The van der Waals surface area contributed by atoms with Crippen molar-refractivity contribution < 1.29 is 0 Å². The summed E-state index contributed by atoms with van der Waals surface area (Å²) in [5.41, 5.74) is 6.96. The van der Waals surface area contributed by atoms with Gasteiger partial charge in [-0.05, 0) is 57.4 Å². The van der Waals surface area contributed by atoms with Gasteiger partial charge in [-0.25, -0.2) is 0 Å². The number of piperidine rings is 1. The van der Waals surface area contributed by atoms with Gasteiger partial charge in [0.2, 0.25) is 0 Å². The van der Waals surface area contributed by atoms with Crippen LogP contribution in [0.5, 0.6) is 0 Å². The van der Waals surface area contributed by atoms with Crippen molar-refractivity contribution in [2.75, 3.05) is 29.9 Å². The molecular weight excluding hydrogens is 436 g/mol. The van der Waals surface area contributed by atoms with Gasteiger partial charge in [0.25, 0.3) is 0 Å². The number of anilines is 2. The van der Waals surface area contributed by atoms with Crippen LogP contribution in [-0.4, -0.2) is 56.5 Å². The lowest BCUT2D eigenvalue weighted by molar-refractivity contribution is 0.578. The minimum absolute atomic E-state index is 0.332. The lowest BCUT2D eigenvalue weighted by atomic mass is 10.1. The number of H-pyrrole nitrogens is 2. The van der Waals surface area contributed by atoms with E-state index in [-0.39, 0.29) is 0 Å². The molecule has 0 bridgehead atoms. The topological polar surface area (TPSA) is 97.9 Å². The number of fused-ring (bicyclic) bond motifs is 2. The molecule has 8 heteroatoms. The molecule has 0 saturated carbocycles. The molecule has 8 nitrogen and oxygen atoms in total. The number of nitrogens with one attached hydrogen (secondary N) is 3. The van der Waals surface area contributed by atoms with E-state index in [9.17, 15) is 0 Å². The van der Waals surface area contributed by atoms with E-state index < -0.39 is 0 Å². The standard InChI is InChI=1S/C27H30N8/c1-17(2)31-19-10-18(13-28-14-19)23-12-21-22(6-7-30-23)33-34-27(21)24-11-20-25(32-24)15-29-16-26(20)35-8-4-3-5-9-35/h6,10-17,31-33H,3-5,7-9H2,1-2H3. The fourth-order valence-electron chi connectivity index (χ4n) is 5.01. The normalized spacial score (nSPS) is 15.9. The predicted octanol–water partition coefficient (Wildman–Crippen LogP) is 3.22. The Balaban J connectivity index is 1.42. The lowest BCUT2D eigenvalue weighted by Gasteiger charge is -2.28. The first-order chi connectivity index (χ1) is 17.2. The van der Waals surface area contributed by atoms with E-state index in [0.717, 1.165) is 57.5 Å². The summed E-state index contributed by atoms with van der Waals surface area (Å²) in [5, 5.41) is 14.5. The molecule has 0 radical (unpaired) electrons. The zero-order valence-corrected chi connectivity index (χ0v) is 20.2. The van der Waals surface area contributed by atoms with E-state index in [0.29, 0.717) is 12.6 Å². The van der Waals surface area contributed by atoms with Gasteiger partial charge in [-0.1, -0.05) is 0 Å². The van der Waals surface area contributed by atoms with Gasteiger partial charge in [0.05, 0.1) is 52.6 Å². The molecule has 4 aromatic rings. The minimum atomic E-state index is 0.332. The molecule has 0 aromatic carbocycles. The van der Waals surface area contributed by atoms with Gasteiger partial charge in [-0.3, -0.25) is 20.1 Å². The van der Waals surface area contributed by atoms with Crippen LogP contribution in [0.2, 0.25) is 0 Å². The van der Waals surface area contributed by atoms with Crippen molar-refractivity contribution in [3.63, 3.8) is 0 Å². The summed E-state index contributed by atoms with van der Waals surface area (Å²) in [5.74, 6) is 0. The highest BCUT2D eigenvalue weighted by Gasteiger charge is 2.18. The Bertz CT molecular complexity index is 1520. The highest BCUT2D eigenvalue weighted by molar-refractivity contribution is 6.21. The van der Waals surface area contributed by atoms with Gasteiger partial charge in [0, 0.05) is 47.7 Å². The summed E-state index contributed by atoms with van der Waals surface area (Å²) >= 11 is 0. The third-order valence-corrected chi connectivity index (χ3v) is 6.64. The van der Waals surface area contributed by atoms with Crippen molar-refractivity contribution in [1.29, 1.82) is 0 Å². The number of nitrogens with zero attached hydrogens (tertiary/aromatic N) is 5. The molecule has 1 saturated heterocycles. The van der Waals surface area contributed by atoms with E-state index in [2.05, 4.69) is 68.4 Å². The Kier molecular flexibility index (Phi) is 5.56. The molecule has 0 atom stereocenters. The van der Waals surface area contributed by atoms with Crippen LogP contribution in [0.3, 0.4) is 0 Å². The molecule has 6 rings (SSSR count). The van der Waals surface area contributed by atoms with Crippen LogP contribution in [0.15, 0.2) is 41.9 Å². The minimum Gasteiger partial charge on any atom is -0.382 e. The van der Waals surface area contributed by atoms with Crippen molar-refractivity contribution in [3.8, 4) is 11.4 Å². The van der Waals surface area contributed by atoms with E-state index in [1.807, 2.05) is 24.8 Å². The maximum Gasteiger partial charge on any atom is 0.116 e. The molecule has 178 valence electrons. The Morgan fingerprint density at radius 1 is 1.00 bits per heavy atom. The molecule has 35 heavy (non-hydrogen) atoms. The molecule has 3 N–H and O–H groups in total. The van der Waals surface area contributed by atoms with E-state index in [1.54, 1.807) is 0 Å². The Morgan fingerprint density at radius 2 is 1.86 bits per heavy atom. The van der Waals surface area contributed by atoms with E-state index in [1.165, 1.54) is 30.3 Å². The summed E-state index contributed by atoms with van der Waals surface area (Å²) in [6.07, 6.45) is 15.6. The van der Waals surface area contributed by atoms with E-state index in [4.69, 9.17) is 10.1 Å². The zero-order valence-electron chi connectivity index (χ0n) is 20.2. The third-order valence-electron chi connectivity index (χ3n) is 6.64. The molecule has 1 fully saturated rings.